The summed E-state index contributed by atoms with van der Waals surface area (Å²) in [5, 5.41) is 19.1. The van der Waals surface area contributed by atoms with Crippen LogP contribution in [0.25, 0.3) is 0 Å². The predicted molar refractivity (Wildman–Crippen MR) is 88.6 cm³/mol. The molecule has 2 unspecified atom stereocenters. The number of nitriles is 2. The van der Waals surface area contributed by atoms with Crippen molar-refractivity contribution in [1.29, 1.82) is 10.5 Å². The van der Waals surface area contributed by atoms with Gasteiger partial charge in [0.25, 0.3) is 0 Å². The minimum absolute atomic E-state index is 0.160. The van der Waals surface area contributed by atoms with Crippen molar-refractivity contribution in [1.82, 2.24) is 0 Å². The number of nitrogens with zero attached hydrogens (tertiary/aromatic N) is 2. The molecule has 0 aromatic heterocycles. The molecule has 0 aliphatic carbocycles. The van der Waals surface area contributed by atoms with Gasteiger partial charge >= 0.3 is 0 Å². The first-order valence-electron chi connectivity index (χ1n) is 7.38. The molecule has 2 aromatic carbocycles. The first-order valence-corrected chi connectivity index (χ1v) is 7.38. The second-order valence-corrected chi connectivity index (χ2v) is 5.11. The fraction of sp³-hybridized carbons (Fsp3) is 0.263. The summed E-state index contributed by atoms with van der Waals surface area (Å²) in [7, 11) is 3.13. The zero-order valence-electron chi connectivity index (χ0n) is 13.6. The Kier molecular flexibility index (Phi) is 6.19. The highest BCUT2D eigenvalue weighted by atomic mass is 16.7. The lowest BCUT2D eigenvalue weighted by Crippen LogP contribution is -2.08. The topological polar surface area (TPSA) is 75.3 Å². The molecule has 0 saturated carbocycles. The lowest BCUT2D eigenvalue weighted by molar-refractivity contribution is 0.0511. The number of hydrogen-bond acceptors (Lipinski definition) is 5. The standard InChI is InChI=1S/C19H18N2O3/c1-22-13-24-17-9-5-15(6-10-17)19(12-21)18(11-20)14-3-7-16(23-2)8-4-14/h3-10,18-19H,13H2,1-2H3. The van der Waals surface area contributed by atoms with Crippen LogP contribution in [0.5, 0.6) is 11.5 Å². The molecule has 2 rings (SSSR count). The monoisotopic (exact) mass is 322 g/mol. The van der Waals surface area contributed by atoms with Gasteiger partial charge in [-0.05, 0) is 35.4 Å². The molecule has 2 aromatic rings. The van der Waals surface area contributed by atoms with E-state index < -0.39 is 11.8 Å². The molecule has 0 bridgehead atoms. The quantitative estimate of drug-likeness (QED) is 0.728. The summed E-state index contributed by atoms with van der Waals surface area (Å²) >= 11 is 0. The Hall–Kier alpha value is -3.02. The van der Waals surface area contributed by atoms with Crippen molar-refractivity contribution in [2.45, 2.75) is 11.8 Å². The fourth-order valence-corrected chi connectivity index (χ4v) is 2.39. The molecule has 0 fully saturated rings. The Morgan fingerprint density at radius 1 is 0.792 bits per heavy atom. The second kappa shape index (κ2) is 8.57. The van der Waals surface area contributed by atoms with Crippen LogP contribution in [0.1, 0.15) is 23.0 Å². The maximum Gasteiger partial charge on any atom is 0.188 e. The van der Waals surface area contributed by atoms with Crippen LogP contribution < -0.4 is 9.47 Å². The third-order valence-corrected chi connectivity index (χ3v) is 3.67. The van der Waals surface area contributed by atoms with Gasteiger partial charge in [-0.2, -0.15) is 10.5 Å². The van der Waals surface area contributed by atoms with Gasteiger partial charge in [0.2, 0.25) is 0 Å². The molecule has 0 radical (unpaired) electrons. The Morgan fingerprint density at radius 3 is 1.62 bits per heavy atom. The summed E-state index contributed by atoms with van der Waals surface area (Å²) < 4.78 is 15.3. The number of benzene rings is 2. The zero-order valence-corrected chi connectivity index (χ0v) is 13.6. The van der Waals surface area contributed by atoms with Gasteiger partial charge in [0.1, 0.15) is 11.5 Å². The molecule has 0 saturated heterocycles. The van der Waals surface area contributed by atoms with E-state index in [1.807, 2.05) is 12.1 Å². The minimum atomic E-state index is -0.570. The van der Waals surface area contributed by atoms with E-state index in [2.05, 4.69) is 12.1 Å². The highest BCUT2D eigenvalue weighted by Crippen LogP contribution is 2.33. The summed E-state index contributed by atoms with van der Waals surface area (Å²) in [5.41, 5.74) is 1.55. The van der Waals surface area contributed by atoms with E-state index in [4.69, 9.17) is 14.2 Å². The van der Waals surface area contributed by atoms with E-state index in [9.17, 15) is 10.5 Å². The van der Waals surface area contributed by atoms with Crippen molar-refractivity contribution < 1.29 is 14.2 Å². The number of hydrogen-bond donors (Lipinski definition) is 0. The highest BCUT2D eigenvalue weighted by molar-refractivity contribution is 5.40. The lowest BCUT2D eigenvalue weighted by atomic mass is 9.83. The van der Waals surface area contributed by atoms with E-state index in [-0.39, 0.29) is 6.79 Å². The van der Waals surface area contributed by atoms with Gasteiger partial charge in [0.15, 0.2) is 6.79 Å². The third-order valence-electron chi connectivity index (χ3n) is 3.67. The Labute approximate surface area is 141 Å². The SMILES string of the molecule is COCOc1ccc(C(C#N)C(C#N)c2ccc(OC)cc2)cc1. The van der Waals surface area contributed by atoms with Gasteiger partial charge in [0.05, 0.1) is 31.1 Å². The third kappa shape index (κ3) is 4.04. The van der Waals surface area contributed by atoms with Gasteiger partial charge in [0, 0.05) is 7.11 Å². The molecule has 5 heteroatoms. The Bertz CT molecular complexity index is 727. The smallest absolute Gasteiger partial charge is 0.188 e. The molecule has 24 heavy (non-hydrogen) atoms. The maximum atomic E-state index is 9.58. The van der Waals surface area contributed by atoms with E-state index in [1.54, 1.807) is 50.6 Å². The molecule has 0 N–H and O–H groups in total. The molecule has 0 heterocycles. The summed E-state index contributed by atoms with van der Waals surface area (Å²) in [4.78, 5) is 0. The first-order chi connectivity index (χ1) is 11.7. The fourth-order valence-electron chi connectivity index (χ4n) is 2.39. The van der Waals surface area contributed by atoms with Crippen LogP contribution >= 0.6 is 0 Å². The van der Waals surface area contributed by atoms with Gasteiger partial charge in [-0.25, -0.2) is 0 Å². The zero-order chi connectivity index (χ0) is 17.4. The Balaban J connectivity index is 2.24. The van der Waals surface area contributed by atoms with Crippen LogP contribution in [0, 0.1) is 22.7 Å². The lowest BCUT2D eigenvalue weighted by Gasteiger charge is -2.17. The molecule has 122 valence electrons. The summed E-state index contributed by atoms with van der Waals surface area (Å²) in [5.74, 6) is 0.227. The van der Waals surface area contributed by atoms with Crippen LogP contribution in [-0.4, -0.2) is 21.0 Å². The average molecular weight is 322 g/mol. The molecule has 0 aliphatic rings. The Morgan fingerprint density at radius 2 is 1.25 bits per heavy atom. The van der Waals surface area contributed by atoms with Crippen LogP contribution in [0.3, 0.4) is 0 Å². The molecular weight excluding hydrogens is 304 g/mol. The van der Waals surface area contributed by atoms with Crippen molar-refractivity contribution in [3.63, 3.8) is 0 Å². The number of methoxy groups -OCH3 is 2. The van der Waals surface area contributed by atoms with Crippen molar-refractivity contribution in [3.8, 4) is 23.6 Å². The molecule has 0 spiro atoms. The van der Waals surface area contributed by atoms with E-state index in [0.29, 0.717) is 11.5 Å². The van der Waals surface area contributed by atoms with Crippen LogP contribution in [0.15, 0.2) is 48.5 Å². The van der Waals surface area contributed by atoms with E-state index in [0.717, 1.165) is 11.1 Å². The van der Waals surface area contributed by atoms with Gasteiger partial charge in [-0.15, -0.1) is 0 Å². The number of ether oxygens (including phenoxy) is 3. The molecule has 5 nitrogen and oxygen atoms in total. The second-order valence-electron chi connectivity index (χ2n) is 5.11. The molecular formula is C19H18N2O3. The largest absolute Gasteiger partial charge is 0.497 e. The van der Waals surface area contributed by atoms with Gasteiger partial charge in [-0.1, -0.05) is 24.3 Å². The van der Waals surface area contributed by atoms with Crippen molar-refractivity contribution in [2.24, 2.45) is 0 Å². The molecule has 0 amide bonds. The van der Waals surface area contributed by atoms with Crippen molar-refractivity contribution in [2.75, 3.05) is 21.0 Å². The first kappa shape index (κ1) is 17.3. The summed E-state index contributed by atoms with van der Waals surface area (Å²) in [6, 6.07) is 18.8. The molecule has 2 atom stereocenters. The van der Waals surface area contributed by atoms with E-state index >= 15 is 0 Å². The van der Waals surface area contributed by atoms with Crippen molar-refractivity contribution in [3.05, 3.63) is 59.7 Å². The van der Waals surface area contributed by atoms with Crippen molar-refractivity contribution >= 4 is 0 Å². The van der Waals surface area contributed by atoms with Crippen LogP contribution in [0.2, 0.25) is 0 Å². The average Bonchev–Trinajstić information content (AvgIpc) is 2.65. The summed E-state index contributed by atoms with van der Waals surface area (Å²) in [6.45, 7) is 0.160. The van der Waals surface area contributed by atoms with Gasteiger partial charge in [-0.3, -0.25) is 0 Å². The summed E-state index contributed by atoms with van der Waals surface area (Å²) in [6.07, 6.45) is 0. The highest BCUT2D eigenvalue weighted by Gasteiger charge is 2.25. The predicted octanol–water partition coefficient (Wildman–Crippen LogP) is 3.59. The van der Waals surface area contributed by atoms with Crippen LogP contribution in [-0.2, 0) is 4.74 Å². The normalized spacial score (nSPS) is 12.5. The van der Waals surface area contributed by atoms with Crippen LogP contribution in [0.4, 0.5) is 0 Å². The van der Waals surface area contributed by atoms with Gasteiger partial charge < -0.3 is 14.2 Å². The number of rotatable bonds is 7. The minimum Gasteiger partial charge on any atom is -0.497 e. The molecule has 0 aliphatic heterocycles. The van der Waals surface area contributed by atoms with E-state index in [1.165, 1.54) is 0 Å². The maximum absolute atomic E-state index is 9.58.